The molecule has 2 rings (SSSR count). The number of nitrogens with two attached hydrogens (primary N) is 1. The van der Waals surface area contributed by atoms with Gasteiger partial charge in [-0.1, -0.05) is 0 Å². The molecule has 1 aliphatic rings. The van der Waals surface area contributed by atoms with Crippen LogP contribution in [0.5, 0.6) is 0 Å². The summed E-state index contributed by atoms with van der Waals surface area (Å²) in [5.41, 5.74) is 4.01. The molecule has 2 heterocycles. The standard InChI is InChI=1S/C11H19N3OS/c1-7-6-16-11(13-7)5-10(14-12)9-3-4-15-8(9)2/h6,8-10,14H,3-5,12H2,1-2H3. The molecule has 0 amide bonds. The van der Waals surface area contributed by atoms with Crippen LogP contribution in [0.4, 0.5) is 0 Å². The summed E-state index contributed by atoms with van der Waals surface area (Å²) in [6.45, 7) is 4.99. The Morgan fingerprint density at radius 2 is 2.56 bits per heavy atom. The van der Waals surface area contributed by atoms with Crippen LogP contribution in [0, 0.1) is 12.8 Å². The van der Waals surface area contributed by atoms with Crippen LogP contribution >= 0.6 is 11.3 Å². The quantitative estimate of drug-likeness (QED) is 0.615. The van der Waals surface area contributed by atoms with Crippen LogP contribution in [0.15, 0.2) is 5.38 Å². The second-order valence-corrected chi connectivity index (χ2v) is 5.33. The largest absolute Gasteiger partial charge is 0.378 e. The molecule has 3 N–H and O–H groups in total. The van der Waals surface area contributed by atoms with E-state index in [-0.39, 0.29) is 6.04 Å². The zero-order valence-corrected chi connectivity index (χ0v) is 10.6. The van der Waals surface area contributed by atoms with Gasteiger partial charge in [-0.25, -0.2) is 4.98 Å². The molecule has 4 nitrogen and oxygen atoms in total. The first kappa shape index (κ1) is 12.0. The van der Waals surface area contributed by atoms with Crippen molar-refractivity contribution in [2.45, 2.75) is 38.8 Å². The molecule has 3 unspecified atom stereocenters. The predicted molar refractivity (Wildman–Crippen MR) is 65.2 cm³/mol. The molecule has 0 radical (unpaired) electrons. The molecule has 0 spiro atoms. The van der Waals surface area contributed by atoms with Crippen molar-refractivity contribution in [3.63, 3.8) is 0 Å². The van der Waals surface area contributed by atoms with Crippen LogP contribution < -0.4 is 11.3 Å². The van der Waals surface area contributed by atoms with E-state index < -0.39 is 0 Å². The van der Waals surface area contributed by atoms with Crippen molar-refractivity contribution in [2.75, 3.05) is 6.61 Å². The van der Waals surface area contributed by atoms with E-state index in [4.69, 9.17) is 10.6 Å². The van der Waals surface area contributed by atoms with Crippen LogP contribution in [0.25, 0.3) is 0 Å². The highest BCUT2D eigenvalue weighted by Gasteiger charge is 2.31. The number of thiazole rings is 1. The molecule has 1 fully saturated rings. The SMILES string of the molecule is Cc1csc(CC(NN)C2CCOC2C)n1. The van der Waals surface area contributed by atoms with Gasteiger partial charge < -0.3 is 4.74 Å². The number of hydrazine groups is 1. The van der Waals surface area contributed by atoms with Crippen molar-refractivity contribution >= 4 is 11.3 Å². The fourth-order valence-corrected chi connectivity index (χ4v) is 3.13. The lowest BCUT2D eigenvalue weighted by molar-refractivity contribution is 0.0954. The third-order valence-electron chi connectivity index (χ3n) is 3.23. The van der Waals surface area contributed by atoms with Crippen molar-refractivity contribution in [3.05, 3.63) is 16.1 Å². The van der Waals surface area contributed by atoms with E-state index in [0.717, 1.165) is 30.2 Å². The van der Waals surface area contributed by atoms with Gasteiger partial charge in [0.15, 0.2) is 0 Å². The van der Waals surface area contributed by atoms with E-state index in [0.29, 0.717) is 12.0 Å². The molecule has 0 aliphatic carbocycles. The molecule has 5 heteroatoms. The first-order valence-electron chi connectivity index (χ1n) is 5.69. The Labute approximate surface area is 100 Å². The molecule has 1 aromatic heterocycles. The summed E-state index contributed by atoms with van der Waals surface area (Å²) in [6.07, 6.45) is 2.27. The molecule has 90 valence electrons. The minimum atomic E-state index is 0.267. The molecule has 16 heavy (non-hydrogen) atoms. The highest BCUT2D eigenvalue weighted by molar-refractivity contribution is 7.09. The summed E-state index contributed by atoms with van der Waals surface area (Å²) in [5.74, 6) is 6.14. The van der Waals surface area contributed by atoms with Crippen LogP contribution in [0.3, 0.4) is 0 Å². The van der Waals surface area contributed by atoms with Crippen molar-refractivity contribution in [3.8, 4) is 0 Å². The first-order chi connectivity index (χ1) is 7.70. The van der Waals surface area contributed by atoms with E-state index in [2.05, 4.69) is 22.7 Å². The smallest absolute Gasteiger partial charge is 0.0944 e. The first-order valence-corrected chi connectivity index (χ1v) is 6.57. The zero-order valence-electron chi connectivity index (χ0n) is 9.77. The molecule has 1 aromatic rings. The van der Waals surface area contributed by atoms with Gasteiger partial charge in [0, 0.05) is 36.1 Å². The van der Waals surface area contributed by atoms with E-state index in [1.807, 2.05) is 6.92 Å². The number of ether oxygens (including phenoxy) is 1. The normalized spacial score (nSPS) is 27.2. The van der Waals surface area contributed by atoms with Gasteiger partial charge >= 0.3 is 0 Å². The van der Waals surface area contributed by atoms with E-state index >= 15 is 0 Å². The number of aryl methyl sites for hydroxylation is 1. The van der Waals surface area contributed by atoms with E-state index in [9.17, 15) is 0 Å². The second kappa shape index (κ2) is 5.23. The number of hydrogen-bond donors (Lipinski definition) is 2. The molecule has 1 aliphatic heterocycles. The third kappa shape index (κ3) is 2.60. The van der Waals surface area contributed by atoms with Gasteiger partial charge in [0.1, 0.15) is 0 Å². The van der Waals surface area contributed by atoms with Crippen molar-refractivity contribution in [2.24, 2.45) is 11.8 Å². The number of nitrogens with one attached hydrogen (secondary N) is 1. The molecule has 3 atom stereocenters. The van der Waals surface area contributed by atoms with Crippen molar-refractivity contribution in [1.29, 1.82) is 0 Å². The number of rotatable bonds is 4. The van der Waals surface area contributed by atoms with Gasteiger partial charge in [0.05, 0.1) is 11.1 Å². The number of nitrogens with zero attached hydrogens (tertiary/aromatic N) is 1. The fourth-order valence-electron chi connectivity index (χ4n) is 2.30. The minimum Gasteiger partial charge on any atom is -0.378 e. The van der Waals surface area contributed by atoms with Crippen molar-refractivity contribution < 1.29 is 4.74 Å². The summed E-state index contributed by atoms with van der Waals surface area (Å²) in [7, 11) is 0. The van der Waals surface area contributed by atoms with Gasteiger partial charge in [-0.2, -0.15) is 0 Å². The Bertz CT molecular complexity index is 342. The second-order valence-electron chi connectivity index (χ2n) is 4.39. The number of aromatic nitrogens is 1. The van der Waals surface area contributed by atoms with Gasteiger partial charge in [0.2, 0.25) is 0 Å². The Hall–Kier alpha value is -0.490. The van der Waals surface area contributed by atoms with E-state index in [1.165, 1.54) is 0 Å². The fraction of sp³-hybridized carbons (Fsp3) is 0.727. The molecular formula is C11H19N3OS. The zero-order chi connectivity index (χ0) is 11.5. The maximum Gasteiger partial charge on any atom is 0.0944 e. The van der Waals surface area contributed by atoms with Gasteiger partial charge in [0.25, 0.3) is 0 Å². The van der Waals surface area contributed by atoms with Gasteiger partial charge in [-0.15, -0.1) is 11.3 Å². The van der Waals surface area contributed by atoms with Crippen LogP contribution in [-0.4, -0.2) is 23.7 Å². The molecular weight excluding hydrogens is 222 g/mol. The summed E-state index contributed by atoms with van der Waals surface area (Å²) in [4.78, 5) is 4.48. The molecule has 0 saturated carbocycles. The summed E-state index contributed by atoms with van der Waals surface area (Å²) < 4.78 is 5.58. The lowest BCUT2D eigenvalue weighted by Crippen LogP contribution is -2.44. The average Bonchev–Trinajstić information content (AvgIpc) is 2.84. The Balaban J connectivity index is 2.00. The average molecular weight is 241 g/mol. The van der Waals surface area contributed by atoms with Gasteiger partial charge in [-0.05, 0) is 20.3 Å². The monoisotopic (exact) mass is 241 g/mol. The predicted octanol–water partition coefficient (Wildman–Crippen LogP) is 1.25. The minimum absolute atomic E-state index is 0.267. The highest BCUT2D eigenvalue weighted by Crippen LogP contribution is 2.26. The van der Waals surface area contributed by atoms with E-state index in [1.54, 1.807) is 11.3 Å². The lowest BCUT2D eigenvalue weighted by atomic mass is 9.92. The Kier molecular flexibility index (Phi) is 3.91. The van der Waals surface area contributed by atoms with Crippen molar-refractivity contribution in [1.82, 2.24) is 10.4 Å². The maximum atomic E-state index is 5.64. The number of hydrogen-bond acceptors (Lipinski definition) is 5. The third-order valence-corrected chi connectivity index (χ3v) is 4.22. The molecule has 0 bridgehead atoms. The molecule has 0 aromatic carbocycles. The van der Waals surface area contributed by atoms with Crippen LogP contribution in [0.1, 0.15) is 24.0 Å². The van der Waals surface area contributed by atoms with Crippen LogP contribution in [0.2, 0.25) is 0 Å². The highest BCUT2D eigenvalue weighted by atomic mass is 32.1. The summed E-state index contributed by atoms with van der Waals surface area (Å²) >= 11 is 1.71. The topological polar surface area (TPSA) is 60.2 Å². The van der Waals surface area contributed by atoms with Crippen LogP contribution in [-0.2, 0) is 11.2 Å². The van der Waals surface area contributed by atoms with Gasteiger partial charge in [-0.3, -0.25) is 11.3 Å². The summed E-state index contributed by atoms with van der Waals surface area (Å²) in [6, 6.07) is 0.267. The summed E-state index contributed by atoms with van der Waals surface area (Å²) in [5, 5.41) is 3.23. The lowest BCUT2D eigenvalue weighted by Gasteiger charge is -2.24. The Morgan fingerprint density at radius 3 is 3.06 bits per heavy atom. The maximum absolute atomic E-state index is 5.64. The Morgan fingerprint density at radius 1 is 1.75 bits per heavy atom. The molecule has 1 saturated heterocycles.